The Kier molecular flexibility index (Phi) is 4.87. The number of aromatic nitrogens is 1. The number of pyridine rings is 1. The lowest BCUT2D eigenvalue weighted by atomic mass is 9.97. The molecule has 4 nitrogen and oxygen atoms in total. The van der Waals surface area contributed by atoms with E-state index in [4.69, 9.17) is 0 Å². The number of rotatable bonds is 4. The highest BCUT2D eigenvalue weighted by molar-refractivity contribution is 5.37. The van der Waals surface area contributed by atoms with Crippen LogP contribution in [0.1, 0.15) is 44.6 Å². The molecule has 0 saturated carbocycles. The number of fused-ring (bicyclic) bond motifs is 3. The second-order valence-corrected chi connectivity index (χ2v) is 9.59. The summed E-state index contributed by atoms with van der Waals surface area (Å²) in [6, 6.07) is 18.5. The van der Waals surface area contributed by atoms with Gasteiger partial charge >= 0.3 is 0 Å². The SMILES string of the molecule is CN1CCc2ccc(CN3Cc4ccc(CN5Cc6cccnc6C5)cc4C3)cc2C1. The third-order valence-corrected chi connectivity index (χ3v) is 7.10. The van der Waals surface area contributed by atoms with Crippen molar-refractivity contribution in [3.8, 4) is 0 Å². The first-order chi connectivity index (χ1) is 15.2. The number of hydrogen-bond donors (Lipinski definition) is 0. The molecule has 3 aliphatic rings. The molecule has 0 bridgehead atoms. The Hall–Kier alpha value is -2.53. The normalized spacial score (nSPS) is 18.7. The van der Waals surface area contributed by atoms with Gasteiger partial charge in [0.05, 0.1) is 5.69 Å². The summed E-state index contributed by atoms with van der Waals surface area (Å²) < 4.78 is 0. The number of nitrogens with zero attached hydrogens (tertiary/aromatic N) is 4. The number of benzene rings is 2. The Morgan fingerprint density at radius 2 is 1.39 bits per heavy atom. The molecule has 4 heteroatoms. The predicted octanol–water partition coefficient (Wildman–Crippen LogP) is 4.10. The van der Waals surface area contributed by atoms with Crippen molar-refractivity contribution in [2.45, 2.75) is 52.2 Å². The van der Waals surface area contributed by atoms with Crippen LogP contribution in [0.25, 0.3) is 0 Å². The summed E-state index contributed by atoms with van der Waals surface area (Å²) in [6.07, 6.45) is 3.09. The first-order valence-corrected chi connectivity index (χ1v) is 11.5. The van der Waals surface area contributed by atoms with Crippen LogP contribution in [0, 0.1) is 0 Å². The predicted molar refractivity (Wildman–Crippen MR) is 123 cm³/mol. The molecule has 6 rings (SSSR count). The Morgan fingerprint density at radius 3 is 2.19 bits per heavy atom. The molecular weight excluding hydrogens is 380 g/mol. The first-order valence-electron chi connectivity index (χ1n) is 11.5. The smallest absolute Gasteiger partial charge is 0.0589 e. The lowest BCUT2D eigenvalue weighted by Gasteiger charge is -2.26. The molecule has 0 atom stereocenters. The van der Waals surface area contributed by atoms with Gasteiger partial charge < -0.3 is 4.90 Å². The van der Waals surface area contributed by atoms with Gasteiger partial charge in [0, 0.05) is 58.6 Å². The maximum absolute atomic E-state index is 4.54. The van der Waals surface area contributed by atoms with E-state index in [9.17, 15) is 0 Å². The highest BCUT2D eigenvalue weighted by atomic mass is 15.2. The number of hydrogen-bond acceptors (Lipinski definition) is 4. The molecule has 0 fully saturated rings. The zero-order valence-corrected chi connectivity index (χ0v) is 18.3. The van der Waals surface area contributed by atoms with Gasteiger partial charge in [-0.3, -0.25) is 14.8 Å². The minimum Gasteiger partial charge on any atom is -0.302 e. The molecule has 2 aromatic carbocycles. The van der Waals surface area contributed by atoms with Crippen LogP contribution in [-0.4, -0.2) is 33.3 Å². The molecule has 158 valence electrons. The lowest BCUT2D eigenvalue weighted by molar-refractivity contribution is 0.272. The van der Waals surface area contributed by atoms with E-state index in [1.807, 2.05) is 12.3 Å². The van der Waals surface area contributed by atoms with Gasteiger partial charge in [0.25, 0.3) is 0 Å². The van der Waals surface area contributed by atoms with Crippen LogP contribution < -0.4 is 0 Å². The van der Waals surface area contributed by atoms with E-state index in [0.717, 1.165) is 45.8 Å². The fourth-order valence-corrected chi connectivity index (χ4v) is 5.47. The quantitative estimate of drug-likeness (QED) is 0.646. The minimum atomic E-state index is 0.965. The second kappa shape index (κ2) is 7.86. The Bertz CT molecular complexity index is 1100. The van der Waals surface area contributed by atoms with E-state index < -0.39 is 0 Å². The summed E-state index contributed by atoms with van der Waals surface area (Å²) in [4.78, 5) is 12.0. The molecule has 3 aromatic rings. The topological polar surface area (TPSA) is 22.6 Å². The van der Waals surface area contributed by atoms with Crippen LogP contribution in [-0.2, 0) is 52.2 Å². The molecule has 4 heterocycles. The van der Waals surface area contributed by atoms with E-state index in [2.05, 4.69) is 69.2 Å². The summed E-state index contributed by atoms with van der Waals surface area (Å²) in [7, 11) is 2.22. The second-order valence-electron chi connectivity index (χ2n) is 9.59. The maximum atomic E-state index is 4.54. The van der Waals surface area contributed by atoms with E-state index in [1.54, 1.807) is 0 Å². The molecule has 0 aliphatic carbocycles. The third-order valence-electron chi connectivity index (χ3n) is 7.10. The molecule has 0 N–H and O–H groups in total. The van der Waals surface area contributed by atoms with Gasteiger partial charge in [-0.2, -0.15) is 0 Å². The van der Waals surface area contributed by atoms with Crippen molar-refractivity contribution in [1.29, 1.82) is 0 Å². The van der Waals surface area contributed by atoms with Crippen LogP contribution in [0.4, 0.5) is 0 Å². The molecule has 1 aromatic heterocycles. The highest BCUT2D eigenvalue weighted by Crippen LogP contribution is 2.28. The Morgan fingerprint density at radius 1 is 0.710 bits per heavy atom. The Balaban J connectivity index is 1.11. The van der Waals surface area contributed by atoms with Crippen molar-refractivity contribution in [2.24, 2.45) is 0 Å². The molecule has 0 radical (unpaired) electrons. The molecule has 0 saturated heterocycles. The zero-order chi connectivity index (χ0) is 20.8. The zero-order valence-electron chi connectivity index (χ0n) is 18.3. The van der Waals surface area contributed by atoms with Gasteiger partial charge in [-0.25, -0.2) is 0 Å². The van der Waals surface area contributed by atoms with Crippen molar-refractivity contribution in [2.75, 3.05) is 13.6 Å². The van der Waals surface area contributed by atoms with Gasteiger partial charge in [0.1, 0.15) is 0 Å². The standard InChI is InChI=1S/C27H30N4/c1-29-10-8-22-6-4-20(11-25(22)15-29)13-30-16-23-7-5-21(12-26(23)18-30)14-31-17-24-3-2-9-28-27(24)19-31/h2-7,9,11-12H,8,10,13-19H2,1H3. The minimum absolute atomic E-state index is 0.965. The lowest BCUT2D eigenvalue weighted by Crippen LogP contribution is -2.26. The molecule has 0 amide bonds. The van der Waals surface area contributed by atoms with Crippen LogP contribution >= 0.6 is 0 Å². The summed E-state index contributed by atoms with van der Waals surface area (Å²) in [6.45, 7) is 8.40. The fraction of sp³-hybridized carbons (Fsp3) is 0.370. The van der Waals surface area contributed by atoms with E-state index in [-0.39, 0.29) is 0 Å². The molecule has 31 heavy (non-hydrogen) atoms. The van der Waals surface area contributed by atoms with Gasteiger partial charge in [-0.15, -0.1) is 0 Å². The van der Waals surface area contributed by atoms with Crippen molar-refractivity contribution in [3.63, 3.8) is 0 Å². The van der Waals surface area contributed by atoms with Crippen LogP contribution in [0.3, 0.4) is 0 Å². The van der Waals surface area contributed by atoms with Crippen molar-refractivity contribution in [3.05, 3.63) is 99.4 Å². The Labute approximate surface area is 185 Å². The monoisotopic (exact) mass is 410 g/mol. The van der Waals surface area contributed by atoms with E-state index in [0.29, 0.717) is 0 Å². The largest absolute Gasteiger partial charge is 0.302 e. The maximum Gasteiger partial charge on any atom is 0.0589 e. The average Bonchev–Trinajstić information content (AvgIpc) is 3.35. The van der Waals surface area contributed by atoms with Crippen LogP contribution in [0.2, 0.25) is 0 Å². The summed E-state index contributed by atoms with van der Waals surface area (Å²) >= 11 is 0. The van der Waals surface area contributed by atoms with Gasteiger partial charge in [-0.1, -0.05) is 42.5 Å². The molecular formula is C27H30N4. The third kappa shape index (κ3) is 3.91. The average molecular weight is 411 g/mol. The van der Waals surface area contributed by atoms with Gasteiger partial charge in [-0.05, 0) is 58.5 Å². The molecule has 3 aliphatic heterocycles. The molecule has 0 unspecified atom stereocenters. The van der Waals surface area contributed by atoms with Crippen LogP contribution in [0.15, 0.2) is 54.7 Å². The van der Waals surface area contributed by atoms with E-state index >= 15 is 0 Å². The summed E-state index contributed by atoms with van der Waals surface area (Å²) in [5.74, 6) is 0. The molecule has 0 spiro atoms. The van der Waals surface area contributed by atoms with E-state index in [1.165, 1.54) is 57.6 Å². The summed E-state index contributed by atoms with van der Waals surface area (Å²) in [5, 5.41) is 0. The first kappa shape index (κ1) is 19.2. The highest BCUT2D eigenvalue weighted by Gasteiger charge is 2.23. The van der Waals surface area contributed by atoms with Gasteiger partial charge in [0.15, 0.2) is 0 Å². The fourth-order valence-electron chi connectivity index (χ4n) is 5.47. The van der Waals surface area contributed by atoms with Gasteiger partial charge in [0.2, 0.25) is 0 Å². The summed E-state index contributed by atoms with van der Waals surface area (Å²) in [5.41, 5.74) is 11.5. The van der Waals surface area contributed by atoms with Crippen molar-refractivity contribution >= 4 is 0 Å². The number of likely N-dealkylation sites (N-methyl/N-ethyl adjacent to an activating group) is 1. The van der Waals surface area contributed by atoms with Crippen molar-refractivity contribution < 1.29 is 0 Å². The van der Waals surface area contributed by atoms with Crippen LogP contribution in [0.5, 0.6) is 0 Å². The van der Waals surface area contributed by atoms with Crippen molar-refractivity contribution in [1.82, 2.24) is 19.7 Å².